The second-order valence-electron chi connectivity index (χ2n) is 6.57. The summed E-state index contributed by atoms with van der Waals surface area (Å²) in [6, 6.07) is 7.76. The zero-order valence-electron chi connectivity index (χ0n) is 15.2. The van der Waals surface area contributed by atoms with Crippen molar-refractivity contribution in [2.75, 3.05) is 5.32 Å². The molecule has 1 aromatic carbocycles. The van der Waals surface area contributed by atoms with E-state index in [4.69, 9.17) is 4.52 Å². The number of carbonyl (C=O) groups is 1. The highest BCUT2D eigenvalue weighted by Crippen LogP contribution is 2.27. The predicted molar refractivity (Wildman–Crippen MR) is 96.3 cm³/mol. The molecule has 0 fully saturated rings. The number of aryl methyl sites for hydroxylation is 2. The molecule has 2 aromatic heterocycles. The lowest BCUT2D eigenvalue weighted by atomic mass is 10.2. The number of hydrogen-bond acceptors (Lipinski definition) is 4. The second-order valence-corrected chi connectivity index (χ2v) is 6.57. The van der Waals surface area contributed by atoms with Gasteiger partial charge in [0.15, 0.2) is 5.82 Å². The first-order valence-electron chi connectivity index (χ1n) is 8.41. The third-order valence-electron chi connectivity index (χ3n) is 4.07. The largest absolute Gasteiger partial charge is 0.332 e. The van der Waals surface area contributed by atoms with Gasteiger partial charge in [0.2, 0.25) is 5.91 Å². The topological polar surface area (TPSA) is 73.0 Å². The molecule has 1 amide bonds. The van der Waals surface area contributed by atoms with Crippen molar-refractivity contribution in [1.29, 1.82) is 0 Å². The van der Waals surface area contributed by atoms with Crippen LogP contribution < -0.4 is 5.32 Å². The number of benzene rings is 1. The van der Waals surface area contributed by atoms with Gasteiger partial charge in [0.25, 0.3) is 5.89 Å². The van der Waals surface area contributed by atoms with Crippen LogP contribution in [0, 0.1) is 19.7 Å². The third-order valence-corrected chi connectivity index (χ3v) is 4.07. The molecule has 0 atom stereocenters. The lowest BCUT2D eigenvalue weighted by Gasteiger charge is -2.11. The number of hydrogen-bond donors (Lipinski definition) is 1. The van der Waals surface area contributed by atoms with Gasteiger partial charge in [-0.05, 0) is 43.7 Å². The van der Waals surface area contributed by atoms with Gasteiger partial charge >= 0.3 is 0 Å². The van der Waals surface area contributed by atoms with Gasteiger partial charge in [0.05, 0.1) is 0 Å². The van der Waals surface area contributed by atoms with Crippen molar-refractivity contribution in [3.63, 3.8) is 0 Å². The molecule has 6 nitrogen and oxygen atoms in total. The van der Waals surface area contributed by atoms with Crippen molar-refractivity contribution in [2.24, 2.45) is 0 Å². The van der Waals surface area contributed by atoms with Crippen LogP contribution in [0.3, 0.4) is 0 Å². The Bertz CT molecular complexity index is 943. The number of nitrogens with zero attached hydrogens (tertiary/aromatic N) is 3. The molecule has 0 spiro atoms. The fourth-order valence-corrected chi connectivity index (χ4v) is 2.81. The highest BCUT2D eigenvalue weighted by molar-refractivity contribution is 5.91. The Morgan fingerprint density at radius 3 is 2.73 bits per heavy atom. The molecule has 7 heteroatoms. The number of halogens is 1. The monoisotopic (exact) mass is 356 g/mol. The van der Waals surface area contributed by atoms with Crippen LogP contribution in [0.4, 0.5) is 10.1 Å². The van der Waals surface area contributed by atoms with Crippen LogP contribution in [-0.4, -0.2) is 20.6 Å². The molecule has 3 rings (SSSR count). The van der Waals surface area contributed by atoms with Crippen molar-refractivity contribution >= 4 is 11.6 Å². The third kappa shape index (κ3) is 3.66. The van der Waals surface area contributed by atoms with E-state index >= 15 is 0 Å². The Labute approximate surface area is 151 Å². The van der Waals surface area contributed by atoms with Crippen molar-refractivity contribution in [3.8, 4) is 11.6 Å². The van der Waals surface area contributed by atoms with E-state index in [1.54, 1.807) is 12.1 Å². The lowest BCUT2D eigenvalue weighted by Crippen LogP contribution is -2.20. The van der Waals surface area contributed by atoms with Crippen LogP contribution in [0.15, 0.2) is 34.9 Å². The number of anilines is 1. The van der Waals surface area contributed by atoms with Gasteiger partial charge in [0.1, 0.15) is 18.1 Å². The summed E-state index contributed by atoms with van der Waals surface area (Å²) < 4.78 is 20.5. The molecule has 26 heavy (non-hydrogen) atoms. The number of rotatable bonds is 5. The molecule has 1 N–H and O–H groups in total. The maximum Gasteiger partial charge on any atom is 0.274 e. The molecular weight excluding hydrogens is 335 g/mol. The van der Waals surface area contributed by atoms with E-state index in [9.17, 15) is 9.18 Å². The molecule has 3 aromatic rings. The van der Waals surface area contributed by atoms with Crippen molar-refractivity contribution in [3.05, 3.63) is 53.2 Å². The van der Waals surface area contributed by atoms with Gasteiger partial charge in [-0.2, -0.15) is 4.98 Å². The number of amides is 1. The zero-order chi connectivity index (χ0) is 18.8. The fourth-order valence-electron chi connectivity index (χ4n) is 2.81. The maximum atomic E-state index is 13.3. The first-order chi connectivity index (χ1) is 12.3. The van der Waals surface area contributed by atoms with Crippen LogP contribution in [-0.2, 0) is 11.3 Å². The van der Waals surface area contributed by atoms with Gasteiger partial charge in [-0.1, -0.05) is 25.1 Å². The van der Waals surface area contributed by atoms with E-state index in [-0.39, 0.29) is 18.4 Å². The van der Waals surface area contributed by atoms with Crippen LogP contribution in [0.1, 0.15) is 36.8 Å². The number of nitrogens with one attached hydrogen (secondary N) is 1. The molecule has 0 aliphatic carbocycles. The van der Waals surface area contributed by atoms with Gasteiger partial charge < -0.3 is 14.4 Å². The SMILES string of the molecule is Cc1cc(C)n(CC(=O)Nc2cccc(F)c2)c1-c1nc(C(C)C)no1. The minimum Gasteiger partial charge on any atom is -0.332 e. The summed E-state index contributed by atoms with van der Waals surface area (Å²) in [4.78, 5) is 16.9. The van der Waals surface area contributed by atoms with Crippen LogP contribution in [0.2, 0.25) is 0 Å². The van der Waals surface area contributed by atoms with E-state index in [2.05, 4.69) is 15.5 Å². The summed E-state index contributed by atoms with van der Waals surface area (Å²) in [5.41, 5.74) is 2.98. The first-order valence-corrected chi connectivity index (χ1v) is 8.41. The van der Waals surface area contributed by atoms with E-state index in [1.807, 2.05) is 38.3 Å². The highest BCUT2D eigenvalue weighted by Gasteiger charge is 2.20. The average molecular weight is 356 g/mol. The van der Waals surface area contributed by atoms with E-state index in [1.165, 1.54) is 12.1 Å². The van der Waals surface area contributed by atoms with Crippen molar-refractivity contribution in [2.45, 2.75) is 40.2 Å². The van der Waals surface area contributed by atoms with E-state index in [0.29, 0.717) is 17.4 Å². The van der Waals surface area contributed by atoms with Crippen LogP contribution >= 0.6 is 0 Å². The normalized spacial score (nSPS) is 11.2. The van der Waals surface area contributed by atoms with Gasteiger partial charge in [-0.15, -0.1) is 0 Å². The molecule has 136 valence electrons. The number of carbonyl (C=O) groups excluding carboxylic acids is 1. The summed E-state index contributed by atoms with van der Waals surface area (Å²) >= 11 is 0. The van der Waals surface area contributed by atoms with Crippen LogP contribution in [0.25, 0.3) is 11.6 Å². The van der Waals surface area contributed by atoms with E-state index < -0.39 is 5.82 Å². The molecule has 0 radical (unpaired) electrons. The summed E-state index contributed by atoms with van der Waals surface area (Å²) in [6.45, 7) is 7.87. The second kappa shape index (κ2) is 7.11. The van der Waals surface area contributed by atoms with Gasteiger partial charge in [-0.3, -0.25) is 4.79 Å². The Hall–Kier alpha value is -2.96. The molecule has 0 bridgehead atoms. The van der Waals surface area contributed by atoms with Gasteiger partial charge in [-0.25, -0.2) is 4.39 Å². The molecule has 0 aliphatic heterocycles. The molecule has 0 aliphatic rings. The molecule has 0 unspecified atom stereocenters. The minimum absolute atomic E-state index is 0.0604. The van der Waals surface area contributed by atoms with Gasteiger partial charge in [0, 0.05) is 17.3 Å². The standard InChI is InChI=1S/C19H21FN4O2/c1-11(2)18-22-19(26-23-18)17-12(3)8-13(4)24(17)10-16(25)21-15-7-5-6-14(20)9-15/h5-9,11H,10H2,1-4H3,(H,21,25). The molecule has 0 saturated carbocycles. The van der Waals surface area contributed by atoms with Crippen LogP contribution in [0.5, 0.6) is 0 Å². The lowest BCUT2D eigenvalue weighted by molar-refractivity contribution is -0.116. The Morgan fingerprint density at radius 2 is 2.08 bits per heavy atom. The average Bonchev–Trinajstić information content (AvgIpc) is 3.13. The molecular formula is C19H21FN4O2. The van der Waals surface area contributed by atoms with E-state index in [0.717, 1.165) is 17.0 Å². The fraction of sp³-hybridized carbons (Fsp3) is 0.316. The van der Waals surface area contributed by atoms with Crippen molar-refractivity contribution < 1.29 is 13.7 Å². The maximum absolute atomic E-state index is 13.3. The smallest absolute Gasteiger partial charge is 0.274 e. The summed E-state index contributed by atoms with van der Waals surface area (Å²) in [7, 11) is 0. The Balaban J connectivity index is 1.86. The predicted octanol–water partition coefficient (Wildman–Crippen LogP) is 4.06. The highest BCUT2D eigenvalue weighted by atomic mass is 19.1. The summed E-state index contributed by atoms with van der Waals surface area (Å²) in [6.07, 6.45) is 0. The van der Waals surface area contributed by atoms with Crippen molar-refractivity contribution in [1.82, 2.24) is 14.7 Å². The molecule has 2 heterocycles. The Kier molecular flexibility index (Phi) is 4.88. The number of aromatic nitrogens is 3. The molecule has 0 saturated heterocycles. The summed E-state index contributed by atoms with van der Waals surface area (Å²) in [5.74, 6) is 0.489. The minimum atomic E-state index is -0.399. The Morgan fingerprint density at radius 1 is 1.31 bits per heavy atom. The first kappa shape index (κ1) is 17.8. The summed E-state index contributed by atoms with van der Waals surface area (Å²) in [5, 5.41) is 6.70. The quantitative estimate of drug-likeness (QED) is 0.748. The zero-order valence-corrected chi connectivity index (χ0v) is 15.2.